The zero-order valence-corrected chi connectivity index (χ0v) is 8.45. The van der Waals surface area contributed by atoms with Crippen LogP contribution >= 0.6 is 0 Å². The van der Waals surface area contributed by atoms with Gasteiger partial charge in [0.25, 0.3) is 0 Å². The zero-order chi connectivity index (χ0) is 44.5. The Morgan fingerprint density at radius 1 is 0.647 bits per heavy atom. The second kappa shape index (κ2) is 11.1. The van der Waals surface area contributed by atoms with E-state index in [1.165, 1.54) is 0 Å². The molecule has 0 rings (SSSR count). The molecule has 0 aromatic rings. The summed E-state index contributed by atoms with van der Waals surface area (Å²) < 4.78 is 286. The average molecular weight is 279 g/mol. The van der Waals surface area contributed by atoms with Gasteiger partial charge in [-0.1, -0.05) is 52.9 Å². The van der Waals surface area contributed by atoms with Crippen LogP contribution in [0.15, 0.2) is 0 Å². The topological polar surface area (TPSA) is 0 Å². The van der Waals surface area contributed by atoms with Gasteiger partial charge < -0.3 is 4.48 Å². The molecule has 0 atom stereocenters. The minimum atomic E-state index is -6.06. The summed E-state index contributed by atoms with van der Waals surface area (Å²) in [5.74, 6) is 0. The minimum Gasteiger partial charge on any atom is -0.324 e. The Hall–Kier alpha value is -0.0400. The molecule has 1 heteroatoms. The first kappa shape index (κ1) is 1.60. The van der Waals surface area contributed by atoms with Crippen molar-refractivity contribution in [3.05, 3.63) is 0 Å². The molecule has 0 saturated carbocycles. The molecule has 0 amide bonds. The largest absolute Gasteiger partial charge is 0.324 e. The monoisotopic (exact) mass is 279 g/mol. The van der Waals surface area contributed by atoms with Gasteiger partial charge in [-0.25, -0.2) is 0 Å². The lowest BCUT2D eigenvalue weighted by atomic mass is 10.1. The second-order valence-electron chi connectivity index (χ2n) is 2.12. The summed E-state index contributed by atoms with van der Waals surface area (Å²) in [6.45, 7) is -42.6. The maximum atomic E-state index is 8.82. The summed E-state index contributed by atoms with van der Waals surface area (Å²) in [4.78, 5) is 0. The molecule has 0 aromatic carbocycles. The molecule has 0 aliphatic rings. The van der Waals surface area contributed by atoms with Crippen molar-refractivity contribution < 1.29 is 53.8 Å². The van der Waals surface area contributed by atoms with Crippen LogP contribution in [0.5, 0.6) is 0 Å². The molecule has 104 valence electrons. The summed E-state index contributed by atoms with van der Waals surface area (Å²) in [5.41, 5.74) is 0. The van der Waals surface area contributed by atoms with Crippen molar-refractivity contribution >= 4 is 0 Å². The van der Waals surface area contributed by atoms with Gasteiger partial charge in [0.05, 0.1) is 37.0 Å². The Kier molecular flexibility index (Phi) is 1.04. The summed E-state index contributed by atoms with van der Waals surface area (Å²) in [7, 11) is 0. The van der Waals surface area contributed by atoms with E-state index in [0.717, 1.165) is 0 Å². The molecule has 0 aliphatic carbocycles. The van der Waals surface area contributed by atoms with E-state index < -0.39 is 109 Å². The Morgan fingerprint density at radius 3 is 1.18 bits per heavy atom. The van der Waals surface area contributed by atoms with Gasteiger partial charge in [0.15, 0.2) is 0 Å². The van der Waals surface area contributed by atoms with Crippen LogP contribution in [0.2, 0.25) is 0 Å². The Bertz CT molecular complexity index is 1120. The number of nitrogens with zero attached hydrogens (tertiary/aromatic N) is 1. The maximum absolute atomic E-state index is 8.82. The van der Waals surface area contributed by atoms with E-state index in [9.17, 15) is 0 Å². The second-order valence-corrected chi connectivity index (χ2v) is 2.12. The van der Waals surface area contributed by atoms with Crippen LogP contribution in [0.1, 0.15) is 128 Å². The molecule has 1 nitrogen and oxygen atoms in total. The van der Waals surface area contributed by atoms with Gasteiger partial charge in [-0.15, -0.1) is 0 Å². The van der Waals surface area contributed by atoms with Crippen molar-refractivity contribution in [2.45, 2.75) is 78.4 Å². The zero-order valence-electron chi connectivity index (χ0n) is 44.4. The van der Waals surface area contributed by atoms with Crippen molar-refractivity contribution in [1.82, 2.24) is 0 Å². The highest BCUT2D eigenvalue weighted by Gasteiger charge is 2.24. The SMILES string of the molecule is [2H]C([2H])([2H])C([2H])([2H])C([2H])([2H])C([2H])([2H])[N+](C([2H])([2H])C([2H])([2H])C([2H])([2H])C([2H])([2H])[2H])(C([2H])([2H])C([2H])([2H])C([2H])([2H])C([2H])([2H])[2H])C([2H])([2H])C([2H])([2H])C([2H])([2H])C([2H])([2H])[2H]. The highest BCUT2D eigenvalue weighted by Crippen LogP contribution is 2.16. The van der Waals surface area contributed by atoms with Crippen molar-refractivity contribution in [3.63, 3.8) is 0 Å². The quantitative estimate of drug-likeness (QED) is 0.441. The van der Waals surface area contributed by atoms with Crippen molar-refractivity contribution in [2.75, 3.05) is 26.0 Å². The molecule has 0 spiro atoms. The molecule has 0 bridgehead atoms. The predicted octanol–water partition coefficient (Wildman–Crippen LogP) is 5.00. The smallest absolute Gasteiger partial charge is 0.0924 e. The lowest BCUT2D eigenvalue weighted by Gasteiger charge is -2.39. The van der Waals surface area contributed by atoms with Crippen LogP contribution < -0.4 is 0 Å². The minimum absolute atomic E-state index is 4.60. The highest BCUT2D eigenvalue weighted by molar-refractivity contribution is 4.49. The maximum Gasteiger partial charge on any atom is 0.0924 e. The molecule has 0 aliphatic heterocycles. The van der Waals surface area contributed by atoms with E-state index in [1.54, 1.807) is 0 Å². The van der Waals surface area contributed by atoms with Crippen LogP contribution in [0.25, 0.3) is 0 Å². The molecule has 0 unspecified atom stereocenters. The first-order valence-corrected chi connectivity index (χ1v) is 3.89. The first-order valence-electron chi connectivity index (χ1n) is 21.9. The number of hydrogen-bond donors (Lipinski definition) is 0. The Labute approximate surface area is 161 Å². The van der Waals surface area contributed by atoms with Crippen molar-refractivity contribution in [1.29, 1.82) is 0 Å². The molecule has 0 heterocycles. The van der Waals surface area contributed by atoms with Gasteiger partial charge in [0.1, 0.15) is 0 Å². The molecule has 0 aromatic heterocycles. The fraction of sp³-hybridized carbons (Fsp3) is 1.00. The summed E-state index contributed by atoms with van der Waals surface area (Å²) in [5, 5.41) is 0. The van der Waals surface area contributed by atoms with Crippen LogP contribution in [0.3, 0.4) is 0 Å². The molecule has 0 radical (unpaired) electrons. The normalized spacial score (nSPS) is 56.5. The van der Waals surface area contributed by atoms with E-state index in [2.05, 4.69) is 0 Å². The molecular weight excluding hydrogens is 206 g/mol. The Morgan fingerprint density at radius 2 is 0.941 bits per heavy atom. The third kappa shape index (κ3) is 7.81. The Balaban J connectivity index is 10.4. The fourth-order valence-corrected chi connectivity index (χ4v) is 0.615. The van der Waals surface area contributed by atoms with Crippen LogP contribution in [-0.4, -0.2) is 30.5 Å². The van der Waals surface area contributed by atoms with E-state index >= 15 is 0 Å². The van der Waals surface area contributed by atoms with E-state index in [-0.39, 0.29) is 0 Å². The number of hydrogen-bond acceptors (Lipinski definition) is 0. The summed E-state index contributed by atoms with van der Waals surface area (Å²) in [6, 6.07) is 0. The number of quaternary nitrogens is 1. The van der Waals surface area contributed by atoms with E-state index in [0.29, 0.717) is 0 Å². The van der Waals surface area contributed by atoms with Gasteiger partial charge in [-0.05, 0) is 25.5 Å². The standard InChI is InChI=1S/C16H36N/c1-5-9-13-17(14-10-6-2,15-11-7-3)16-12-8-4/h5-16H2,1-4H3/q+1/i1D3,2D3,3D3,4D3,5D2,6D2,7D2,8D2,9D2,10D2,11D2,12D2,13D2,14D2,15D2,16D2. The fourth-order valence-electron chi connectivity index (χ4n) is 0.615. The van der Waals surface area contributed by atoms with Crippen LogP contribution in [0.4, 0.5) is 0 Å². The van der Waals surface area contributed by atoms with Gasteiger partial charge in [-0.3, -0.25) is 0 Å². The lowest BCUT2D eigenvalue weighted by Crippen LogP contribution is -2.50. The van der Waals surface area contributed by atoms with Crippen LogP contribution in [0, 0.1) is 0 Å². The van der Waals surface area contributed by atoms with Gasteiger partial charge in [-0.2, -0.15) is 0 Å². The van der Waals surface area contributed by atoms with E-state index in [1.807, 2.05) is 0 Å². The molecule has 17 heavy (non-hydrogen) atoms. The third-order valence-electron chi connectivity index (χ3n) is 1.14. The third-order valence-corrected chi connectivity index (χ3v) is 1.14. The molecule has 0 saturated heterocycles. The van der Waals surface area contributed by atoms with Gasteiger partial charge >= 0.3 is 0 Å². The van der Waals surface area contributed by atoms with Crippen molar-refractivity contribution in [3.8, 4) is 0 Å². The van der Waals surface area contributed by atoms with Crippen molar-refractivity contribution in [2.24, 2.45) is 0 Å². The highest BCUT2D eigenvalue weighted by atomic mass is 15.3. The van der Waals surface area contributed by atoms with Gasteiger partial charge in [0.2, 0.25) is 0 Å². The lowest BCUT2D eigenvalue weighted by molar-refractivity contribution is -0.929. The number of rotatable bonds is 12. The molecular formula is C16H36N+. The van der Waals surface area contributed by atoms with Crippen LogP contribution in [-0.2, 0) is 0 Å². The molecule has 0 N–H and O–H groups in total. The summed E-state index contributed by atoms with van der Waals surface area (Å²) >= 11 is 0. The first-order chi connectivity index (χ1) is 22.0. The molecule has 0 fully saturated rings. The average Bonchev–Trinajstić information content (AvgIpc) is 2.84. The van der Waals surface area contributed by atoms with E-state index in [4.69, 9.17) is 49.3 Å². The summed E-state index contributed by atoms with van der Waals surface area (Å²) in [6.07, 6.45) is -42.3. The predicted molar refractivity (Wildman–Crippen MR) is 79.4 cm³/mol. The van der Waals surface area contributed by atoms with Gasteiger partial charge in [0, 0.05) is 38.4 Å².